The SMILES string of the molecule is Cc1ccc(N(c2ccc(C)cc2)c2ccc(Oc3ccc(-c4ccc(-c5ccc(C6Nc7ccccc7N6c6ccccc6)cc5)cc4)cc3)cc2)cc1. The lowest BCUT2D eigenvalue weighted by Gasteiger charge is -2.27. The third-order valence-electron chi connectivity index (χ3n) is 10.3. The summed E-state index contributed by atoms with van der Waals surface area (Å²) < 4.78 is 6.29. The van der Waals surface area contributed by atoms with Crippen LogP contribution < -0.4 is 19.9 Å². The van der Waals surface area contributed by atoms with Crippen LogP contribution in [0.2, 0.25) is 0 Å². The number of ether oxygens (including phenoxy) is 1. The summed E-state index contributed by atoms with van der Waals surface area (Å²) in [5, 5.41) is 3.74. The highest BCUT2D eigenvalue weighted by atomic mass is 16.5. The molecule has 0 amide bonds. The molecule has 1 aliphatic heterocycles. The van der Waals surface area contributed by atoms with Crippen LogP contribution in [0.15, 0.2) is 200 Å². The van der Waals surface area contributed by atoms with Crippen molar-refractivity contribution in [1.82, 2.24) is 0 Å². The highest BCUT2D eigenvalue weighted by Gasteiger charge is 2.30. The maximum atomic E-state index is 6.29. The van der Waals surface area contributed by atoms with E-state index in [1.165, 1.54) is 33.5 Å². The second-order valence-electron chi connectivity index (χ2n) is 14.1. The highest BCUT2D eigenvalue weighted by Crippen LogP contribution is 2.46. The van der Waals surface area contributed by atoms with Crippen LogP contribution >= 0.6 is 0 Å². The smallest absolute Gasteiger partial charge is 0.130 e. The van der Waals surface area contributed by atoms with Crippen molar-refractivity contribution >= 4 is 34.1 Å². The van der Waals surface area contributed by atoms with E-state index in [0.717, 1.165) is 51.1 Å². The number of hydrogen-bond acceptors (Lipinski definition) is 4. The van der Waals surface area contributed by atoms with E-state index in [0.29, 0.717) is 0 Å². The topological polar surface area (TPSA) is 27.7 Å². The van der Waals surface area contributed by atoms with E-state index in [4.69, 9.17) is 4.74 Å². The molecule has 9 rings (SSSR count). The second kappa shape index (κ2) is 14.8. The van der Waals surface area contributed by atoms with E-state index in [1.54, 1.807) is 0 Å². The van der Waals surface area contributed by atoms with Gasteiger partial charge in [0.25, 0.3) is 0 Å². The molecule has 4 heteroatoms. The summed E-state index contributed by atoms with van der Waals surface area (Å²) in [5.74, 6) is 1.59. The van der Waals surface area contributed by atoms with Crippen LogP contribution in [0.1, 0.15) is 22.9 Å². The number of nitrogens with one attached hydrogen (secondary N) is 1. The van der Waals surface area contributed by atoms with Gasteiger partial charge in [-0.25, -0.2) is 0 Å². The number of fused-ring (bicyclic) bond motifs is 1. The zero-order valence-corrected chi connectivity index (χ0v) is 30.9. The summed E-state index contributed by atoms with van der Waals surface area (Å²) in [7, 11) is 0. The fourth-order valence-corrected chi connectivity index (χ4v) is 7.33. The molecular weight excluding hydrogens is 671 g/mol. The van der Waals surface area contributed by atoms with Crippen LogP contribution in [0.3, 0.4) is 0 Å². The zero-order chi connectivity index (χ0) is 37.1. The summed E-state index contributed by atoms with van der Waals surface area (Å²) in [6.45, 7) is 4.23. The minimum Gasteiger partial charge on any atom is -0.457 e. The minimum atomic E-state index is 0.0149. The van der Waals surface area contributed by atoms with E-state index in [1.807, 2.05) is 24.3 Å². The Balaban J connectivity index is 0.872. The first-order valence-corrected chi connectivity index (χ1v) is 18.8. The van der Waals surface area contributed by atoms with Gasteiger partial charge >= 0.3 is 0 Å². The Labute approximate surface area is 323 Å². The summed E-state index contributed by atoms with van der Waals surface area (Å²) in [5.41, 5.74) is 15.2. The summed E-state index contributed by atoms with van der Waals surface area (Å²) in [6, 6.07) is 70.7. The first-order chi connectivity index (χ1) is 27.1. The molecule has 1 atom stereocenters. The van der Waals surface area contributed by atoms with Crippen molar-refractivity contribution < 1.29 is 4.74 Å². The Hall–Kier alpha value is -7.04. The van der Waals surface area contributed by atoms with Gasteiger partial charge in [-0.15, -0.1) is 0 Å². The van der Waals surface area contributed by atoms with Gasteiger partial charge in [0.05, 0.1) is 11.4 Å². The lowest BCUT2D eigenvalue weighted by Crippen LogP contribution is -2.23. The first kappa shape index (κ1) is 33.8. The highest BCUT2D eigenvalue weighted by molar-refractivity contribution is 5.83. The molecule has 266 valence electrons. The summed E-state index contributed by atoms with van der Waals surface area (Å²) in [6.07, 6.45) is 0.0149. The van der Waals surface area contributed by atoms with Crippen LogP contribution in [0, 0.1) is 13.8 Å². The molecular formula is C51H41N3O. The van der Waals surface area contributed by atoms with Crippen molar-refractivity contribution in [1.29, 1.82) is 0 Å². The van der Waals surface area contributed by atoms with Crippen LogP contribution in [0.5, 0.6) is 11.5 Å². The molecule has 1 N–H and O–H groups in total. The van der Waals surface area contributed by atoms with E-state index in [-0.39, 0.29) is 6.17 Å². The van der Waals surface area contributed by atoms with Crippen molar-refractivity contribution in [2.45, 2.75) is 20.0 Å². The molecule has 4 nitrogen and oxygen atoms in total. The summed E-state index contributed by atoms with van der Waals surface area (Å²) in [4.78, 5) is 4.64. The molecule has 0 fully saturated rings. The number of nitrogens with zero attached hydrogens (tertiary/aromatic N) is 2. The van der Waals surface area contributed by atoms with Crippen LogP contribution in [0.25, 0.3) is 22.3 Å². The van der Waals surface area contributed by atoms with E-state index >= 15 is 0 Å². The molecule has 1 unspecified atom stereocenters. The van der Waals surface area contributed by atoms with Gasteiger partial charge in [0, 0.05) is 22.7 Å². The van der Waals surface area contributed by atoms with Gasteiger partial charge in [0.2, 0.25) is 0 Å². The standard InChI is InChI=1S/C51H41N3O/c1-36-12-26-44(27-13-36)53(45-28-14-37(2)15-29-45)46-30-34-48(35-31-46)55-47-32-24-41(25-33-47)39-18-16-38(17-19-39)40-20-22-42(23-21-40)51-52-49-10-6-7-11-50(49)54(51)43-8-4-3-5-9-43/h3-35,51-52H,1-2H3. The van der Waals surface area contributed by atoms with E-state index in [9.17, 15) is 0 Å². The largest absolute Gasteiger partial charge is 0.457 e. The average Bonchev–Trinajstić information content (AvgIpc) is 3.64. The van der Waals surface area contributed by atoms with Crippen molar-refractivity contribution in [2.75, 3.05) is 15.1 Å². The van der Waals surface area contributed by atoms with Crippen molar-refractivity contribution in [2.24, 2.45) is 0 Å². The van der Waals surface area contributed by atoms with Crippen LogP contribution in [-0.4, -0.2) is 0 Å². The van der Waals surface area contributed by atoms with Crippen molar-refractivity contribution in [3.05, 3.63) is 217 Å². The Kier molecular flexibility index (Phi) is 9.07. The van der Waals surface area contributed by atoms with Gasteiger partial charge in [-0.2, -0.15) is 0 Å². The Morgan fingerprint density at radius 3 is 1.38 bits per heavy atom. The predicted molar refractivity (Wildman–Crippen MR) is 229 cm³/mol. The normalized spacial score (nSPS) is 13.2. The third-order valence-corrected chi connectivity index (χ3v) is 10.3. The fourth-order valence-electron chi connectivity index (χ4n) is 7.33. The lowest BCUT2D eigenvalue weighted by atomic mass is 9.99. The van der Waals surface area contributed by atoms with Gasteiger partial charge in [0.1, 0.15) is 17.7 Å². The molecule has 55 heavy (non-hydrogen) atoms. The second-order valence-corrected chi connectivity index (χ2v) is 14.1. The molecule has 0 radical (unpaired) electrons. The molecule has 8 aromatic carbocycles. The number of benzene rings is 8. The van der Waals surface area contributed by atoms with Crippen molar-refractivity contribution in [3.8, 4) is 33.8 Å². The van der Waals surface area contributed by atoms with Gasteiger partial charge in [-0.1, -0.05) is 126 Å². The monoisotopic (exact) mass is 711 g/mol. The Morgan fingerprint density at radius 2 is 0.855 bits per heavy atom. The van der Waals surface area contributed by atoms with Gasteiger partial charge < -0.3 is 19.9 Å². The molecule has 8 aromatic rings. The molecule has 0 bridgehead atoms. The molecule has 0 spiro atoms. The fraction of sp³-hybridized carbons (Fsp3) is 0.0588. The molecule has 0 saturated carbocycles. The third kappa shape index (κ3) is 7.06. The van der Waals surface area contributed by atoms with Gasteiger partial charge in [0.15, 0.2) is 0 Å². The number of hydrogen-bond donors (Lipinski definition) is 1. The predicted octanol–water partition coefficient (Wildman–Crippen LogP) is 14.2. The lowest BCUT2D eigenvalue weighted by molar-refractivity contribution is 0.483. The molecule has 1 heterocycles. The van der Waals surface area contributed by atoms with Crippen molar-refractivity contribution in [3.63, 3.8) is 0 Å². The minimum absolute atomic E-state index is 0.0149. The van der Waals surface area contributed by atoms with Gasteiger partial charge in [-0.05, 0) is 127 Å². The van der Waals surface area contributed by atoms with E-state index < -0.39 is 0 Å². The maximum Gasteiger partial charge on any atom is 0.130 e. The van der Waals surface area contributed by atoms with Crippen LogP contribution in [0.4, 0.5) is 34.1 Å². The maximum absolute atomic E-state index is 6.29. The Morgan fingerprint density at radius 1 is 0.436 bits per heavy atom. The molecule has 1 aliphatic rings. The van der Waals surface area contributed by atoms with E-state index in [2.05, 4.69) is 205 Å². The zero-order valence-electron chi connectivity index (χ0n) is 30.9. The number of rotatable bonds is 9. The van der Waals surface area contributed by atoms with Gasteiger partial charge in [-0.3, -0.25) is 0 Å². The number of anilines is 6. The molecule has 0 saturated heterocycles. The number of aryl methyl sites for hydroxylation is 2. The summed E-state index contributed by atoms with van der Waals surface area (Å²) >= 11 is 0. The quantitative estimate of drug-likeness (QED) is 0.161. The van der Waals surface area contributed by atoms with Crippen LogP contribution in [-0.2, 0) is 0 Å². The Bertz CT molecular complexity index is 2470. The molecule has 0 aromatic heterocycles. The molecule has 0 aliphatic carbocycles. The average molecular weight is 712 g/mol. The first-order valence-electron chi connectivity index (χ1n) is 18.8. The number of para-hydroxylation sites is 3.